The van der Waals surface area contributed by atoms with Crippen molar-refractivity contribution in [2.45, 2.75) is 6.92 Å². The summed E-state index contributed by atoms with van der Waals surface area (Å²) in [7, 11) is 0. The fraction of sp³-hybridized carbons (Fsp3) is 0.111. The average Bonchev–Trinajstić information content (AvgIpc) is 2.22. The van der Waals surface area contributed by atoms with E-state index in [1.165, 1.54) is 13.1 Å². The molecule has 0 spiro atoms. The smallest absolute Gasteiger partial charge is 0.309 e. The molecule has 2 rings (SSSR count). The number of fused-ring (bicyclic) bond motifs is 1. The standard InChI is InChI=1S/C9H7N3O3/c1-5(13)15-9-6-3-2-4-10-7(6)8(14)11-12-9/h2-4H,1H3,(H,11,14). The zero-order valence-electron chi connectivity index (χ0n) is 7.85. The molecule has 0 unspecified atom stereocenters. The van der Waals surface area contributed by atoms with Crippen LogP contribution >= 0.6 is 0 Å². The van der Waals surface area contributed by atoms with Gasteiger partial charge in [0, 0.05) is 13.1 Å². The molecule has 0 bridgehead atoms. The van der Waals surface area contributed by atoms with Crippen molar-refractivity contribution in [3.63, 3.8) is 0 Å². The summed E-state index contributed by atoms with van der Waals surface area (Å²) >= 11 is 0. The van der Waals surface area contributed by atoms with Crippen LogP contribution in [0.25, 0.3) is 10.9 Å². The highest BCUT2D eigenvalue weighted by atomic mass is 16.5. The van der Waals surface area contributed by atoms with E-state index in [4.69, 9.17) is 4.74 Å². The number of ether oxygens (including phenoxy) is 1. The van der Waals surface area contributed by atoms with Gasteiger partial charge < -0.3 is 4.74 Å². The van der Waals surface area contributed by atoms with E-state index in [-0.39, 0.29) is 11.4 Å². The molecule has 0 aliphatic heterocycles. The van der Waals surface area contributed by atoms with Crippen LogP contribution in [0.1, 0.15) is 6.92 Å². The topological polar surface area (TPSA) is 84.9 Å². The largest absolute Gasteiger partial charge is 0.405 e. The second-order valence-corrected chi connectivity index (χ2v) is 2.85. The van der Waals surface area contributed by atoms with Crippen LogP contribution < -0.4 is 10.3 Å². The number of nitrogens with zero attached hydrogens (tertiary/aromatic N) is 2. The van der Waals surface area contributed by atoms with Gasteiger partial charge in [0.25, 0.3) is 5.56 Å². The molecule has 0 aliphatic rings. The zero-order chi connectivity index (χ0) is 10.8. The van der Waals surface area contributed by atoms with Crippen LogP contribution in [0.15, 0.2) is 23.1 Å². The van der Waals surface area contributed by atoms with E-state index in [0.29, 0.717) is 5.39 Å². The third-order valence-corrected chi connectivity index (χ3v) is 1.75. The maximum Gasteiger partial charge on any atom is 0.309 e. The molecular weight excluding hydrogens is 198 g/mol. The van der Waals surface area contributed by atoms with Gasteiger partial charge in [0.1, 0.15) is 5.52 Å². The van der Waals surface area contributed by atoms with Crippen molar-refractivity contribution in [1.82, 2.24) is 15.2 Å². The monoisotopic (exact) mass is 205 g/mol. The maximum atomic E-state index is 11.3. The molecule has 0 radical (unpaired) electrons. The number of carbonyl (C=O) groups is 1. The summed E-state index contributed by atoms with van der Waals surface area (Å²) < 4.78 is 4.82. The van der Waals surface area contributed by atoms with Crippen LogP contribution in [0.4, 0.5) is 0 Å². The summed E-state index contributed by atoms with van der Waals surface area (Å²) in [5.41, 5.74) is -0.217. The van der Waals surface area contributed by atoms with Crippen LogP contribution in [0, 0.1) is 0 Å². The Morgan fingerprint density at radius 1 is 1.53 bits per heavy atom. The molecule has 1 N–H and O–H groups in total. The third-order valence-electron chi connectivity index (χ3n) is 1.75. The molecule has 6 nitrogen and oxygen atoms in total. The van der Waals surface area contributed by atoms with Crippen molar-refractivity contribution < 1.29 is 9.53 Å². The Kier molecular flexibility index (Phi) is 2.17. The SMILES string of the molecule is CC(=O)Oc1n[nH]c(=O)c2ncccc12. The Hall–Kier alpha value is -2.24. The van der Waals surface area contributed by atoms with Gasteiger partial charge in [-0.1, -0.05) is 0 Å². The quantitative estimate of drug-likeness (QED) is 0.674. The Balaban J connectivity index is 2.71. The number of nitrogens with one attached hydrogen (secondary N) is 1. The lowest BCUT2D eigenvalue weighted by molar-refractivity contribution is -0.132. The first-order valence-corrected chi connectivity index (χ1v) is 4.20. The van der Waals surface area contributed by atoms with E-state index in [9.17, 15) is 9.59 Å². The van der Waals surface area contributed by atoms with Crippen LogP contribution in [-0.4, -0.2) is 21.2 Å². The predicted molar refractivity (Wildman–Crippen MR) is 51.5 cm³/mol. The first kappa shape index (κ1) is 9.32. The molecule has 0 aliphatic carbocycles. The molecule has 0 aromatic carbocycles. The maximum absolute atomic E-state index is 11.3. The number of pyridine rings is 1. The van der Waals surface area contributed by atoms with Gasteiger partial charge in [-0.25, -0.2) is 5.10 Å². The number of aromatic nitrogens is 3. The normalized spacial score (nSPS) is 10.2. The van der Waals surface area contributed by atoms with Gasteiger partial charge in [0.15, 0.2) is 0 Å². The van der Waals surface area contributed by atoms with Crippen LogP contribution in [0.5, 0.6) is 5.88 Å². The van der Waals surface area contributed by atoms with Crippen molar-refractivity contribution >= 4 is 16.9 Å². The van der Waals surface area contributed by atoms with E-state index >= 15 is 0 Å². The molecule has 6 heteroatoms. The lowest BCUT2D eigenvalue weighted by atomic mass is 10.3. The molecule has 0 amide bonds. The molecule has 0 fully saturated rings. The number of rotatable bonds is 1. The molecule has 76 valence electrons. The van der Waals surface area contributed by atoms with Crippen LogP contribution in [-0.2, 0) is 4.79 Å². The molecule has 2 heterocycles. The molecule has 2 aromatic heterocycles. The van der Waals surface area contributed by atoms with Crippen molar-refractivity contribution in [2.75, 3.05) is 0 Å². The Labute approximate surface area is 83.9 Å². The van der Waals surface area contributed by atoms with Gasteiger partial charge in [-0.05, 0) is 12.1 Å². The van der Waals surface area contributed by atoms with Gasteiger partial charge in [-0.2, -0.15) is 0 Å². The lowest BCUT2D eigenvalue weighted by Gasteiger charge is -2.02. The van der Waals surface area contributed by atoms with Gasteiger partial charge in [0.05, 0.1) is 5.39 Å². The fourth-order valence-electron chi connectivity index (χ4n) is 1.19. The number of carbonyl (C=O) groups excluding carboxylic acids is 1. The summed E-state index contributed by atoms with van der Waals surface area (Å²) in [5.74, 6) is -0.440. The minimum atomic E-state index is -0.500. The molecular formula is C9H7N3O3. The minimum Gasteiger partial charge on any atom is -0.405 e. The van der Waals surface area contributed by atoms with Gasteiger partial charge in [0.2, 0.25) is 5.88 Å². The van der Waals surface area contributed by atoms with Crippen LogP contribution in [0.2, 0.25) is 0 Å². The summed E-state index contributed by atoms with van der Waals surface area (Å²) in [4.78, 5) is 25.9. The summed E-state index contributed by atoms with van der Waals surface area (Å²) in [5, 5.41) is 6.24. The predicted octanol–water partition coefficient (Wildman–Crippen LogP) is 0.243. The highest BCUT2D eigenvalue weighted by Gasteiger charge is 2.09. The number of esters is 1. The first-order valence-electron chi connectivity index (χ1n) is 4.20. The second kappa shape index (κ2) is 3.49. The number of hydrogen-bond donors (Lipinski definition) is 1. The highest BCUT2D eigenvalue weighted by molar-refractivity contribution is 5.84. The molecule has 0 saturated heterocycles. The molecule has 2 aromatic rings. The van der Waals surface area contributed by atoms with Gasteiger partial charge in [-0.3, -0.25) is 14.6 Å². The Morgan fingerprint density at radius 3 is 3.07 bits per heavy atom. The van der Waals surface area contributed by atoms with E-state index in [1.807, 2.05) is 0 Å². The van der Waals surface area contributed by atoms with Crippen molar-refractivity contribution in [3.05, 3.63) is 28.7 Å². The van der Waals surface area contributed by atoms with Crippen LogP contribution in [0.3, 0.4) is 0 Å². The summed E-state index contributed by atoms with van der Waals surface area (Å²) in [6.45, 7) is 1.26. The highest BCUT2D eigenvalue weighted by Crippen LogP contribution is 2.16. The number of hydrogen-bond acceptors (Lipinski definition) is 5. The summed E-state index contributed by atoms with van der Waals surface area (Å²) in [6.07, 6.45) is 1.48. The average molecular weight is 205 g/mol. The molecule has 0 saturated carbocycles. The molecule has 0 atom stereocenters. The zero-order valence-corrected chi connectivity index (χ0v) is 7.85. The fourth-order valence-corrected chi connectivity index (χ4v) is 1.19. The first-order chi connectivity index (χ1) is 7.18. The van der Waals surface area contributed by atoms with Crippen molar-refractivity contribution in [1.29, 1.82) is 0 Å². The van der Waals surface area contributed by atoms with Crippen molar-refractivity contribution in [3.8, 4) is 5.88 Å². The van der Waals surface area contributed by atoms with E-state index in [0.717, 1.165) is 0 Å². The van der Waals surface area contributed by atoms with Gasteiger partial charge >= 0.3 is 5.97 Å². The number of H-pyrrole nitrogens is 1. The van der Waals surface area contributed by atoms with E-state index < -0.39 is 11.5 Å². The number of aromatic amines is 1. The Bertz CT molecular complexity index is 576. The lowest BCUT2D eigenvalue weighted by Crippen LogP contribution is -2.13. The molecule has 15 heavy (non-hydrogen) atoms. The second-order valence-electron chi connectivity index (χ2n) is 2.85. The minimum absolute atomic E-state index is 0.0604. The third kappa shape index (κ3) is 1.69. The van der Waals surface area contributed by atoms with Gasteiger partial charge in [-0.15, -0.1) is 5.10 Å². The summed E-state index contributed by atoms with van der Waals surface area (Å²) in [6, 6.07) is 3.25. The van der Waals surface area contributed by atoms with E-state index in [1.54, 1.807) is 12.1 Å². The Morgan fingerprint density at radius 2 is 2.33 bits per heavy atom. The van der Waals surface area contributed by atoms with Crippen molar-refractivity contribution in [2.24, 2.45) is 0 Å². The van der Waals surface area contributed by atoms with E-state index in [2.05, 4.69) is 15.2 Å².